The van der Waals surface area contributed by atoms with Crippen LogP contribution < -0.4 is 14.4 Å². The fourth-order valence-corrected chi connectivity index (χ4v) is 4.35. The van der Waals surface area contributed by atoms with Crippen LogP contribution in [0, 0.1) is 10.1 Å². The average Bonchev–Trinajstić information content (AvgIpc) is 3.22. The summed E-state index contributed by atoms with van der Waals surface area (Å²) in [5, 5.41) is 10.8. The molecular weight excluding hydrogens is 540 g/mol. The third-order valence-electron chi connectivity index (χ3n) is 6.10. The Balaban J connectivity index is 1.27. The van der Waals surface area contributed by atoms with Crippen LogP contribution in [0.4, 0.5) is 11.4 Å². The van der Waals surface area contributed by atoms with Crippen molar-refractivity contribution in [2.45, 2.75) is 6.61 Å². The van der Waals surface area contributed by atoms with Crippen molar-refractivity contribution in [3.63, 3.8) is 0 Å². The van der Waals surface area contributed by atoms with E-state index in [0.717, 1.165) is 4.90 Å². The minimum atomic E-state index is -0.723. The quantitative estimate of drug-likeness (QED) is 0.108. The monoisotopic (exact) mass is 558 g/mol. The number of imide groups is 1. The Bertz CT molecular complexity index is 1620. The molecule has 1 aliphatic heterocycles. The Kier molecular flexibility index (Phi) is 7.17. The summed E-state index contributed by atoms with van der Waals surface area (Å²) in [6.45, 7) is -0.0718. The van der Waals surface area contributed by atoms with E-state index in [9.17, 15) is 24.5 Å². The number of nitrogens with zero attached hydrogens (tertiary/aromatic N) is 2. The van der Waals surface area contributed by atoms with E-state index in [-0.39, 0.29) is 45.4 Å². The number of carbonyl (C=O) groups is 3. The van der Waals surface area contributed by atoms with Crippen molar-refractivity contribution in [3.8, 4) is 17.2 Å². The number of nitro groups is 1. The zero-order valence-corrected chi connectivity index (χ0v) is 21.6. The highest BCUT2D eigenvalue weighted by atomic mass is 35.5. The van der Waals surface area contributed by atoms with Gasteiger partial charge in [0.05, 0.1) is 33.9 Å². The van der Waals surface area contributed by atoms with Gasteiger partial charge in [-0.3, -0.25) is 19.7 Å². The van der Waals surface area contributed by atoms with Crippen LogP contribution in [0.15, 0.2) is 84.9 Å². The summed E-state index contributed by atoms with van der Waals surface area (Å²) in [5.41, 5.74) is 1.25. The first kappa shape index (κ1) is 26.4. The predicted molar refractivity (Wildman–Crippen MR) is 144 cm³/mol. The zero-order valence-electron chi connectivity index (χ0n) is 20.8. The first-order chi connectivity index (χ1) is 19.3. The molecule has 10 nitrogen and oxygen atoms in total. The largest absolute Gasteiger partial charge is 0.496 e. The number of fused-ring (bicyclic) bond motifs is 1. The number of non-ortho nitro benzene ring substituents is 1. The lowest BCUT2D eigenvalue weighted by molar-refractivity contribution is -0.384. The molecule has 4 aromatic rings. The highest BCUT2D eigenvalue weighted by Gasteiger charge is 2.38. The van der Waals surface area contributed by atoms with Crippen LogP contribution in [0.25, 0.3) is 0 Å². The molecule has 1 heterocycles. The maximum atomic E-state index is 12.9. The van der Waals surface area contributed by atoms with E-state index in [1.54, 1.807) is 48.5 Å². The minimum absolute atomic E-state index is 0.00463. The summed E-state index contributed by atoms with van der Waals surface area (Å²) in [7, 11) is 1.34. The Hall–Kier alpha value is -5.22. The van der Waals surface area contributed by atoms with Crippen molar-refractivity contribution in [3.05, 3.63) is 122 Å². The fourth-order valence-electron chi connectivity index (χ4n) is 4.10. The van der Waals surface area contributed by atoms with Gasteiger partial charge in [0.25, 0.3) is 17.5 Å². The maximum Gasteiger partial charge on any atom is 0.342 e. The number of amides is 2. The SMILES string of the molecule is COc1cc(N2C(=O)c3ccccc3C2=O)c(Cl)cc1C(=O)OCc1ccc(Oc2ccc([N+](=O)[O-])cc2)cc1. The molecule has 0 atom stereocenters. The van der Waals surface area contributed by atoms with Crippen molar-refractivity contribution < 1.29 is 33.5 Å². The van der Waals surface area contributed by atoms with Crippen molar-refractivity contribution in [2.24, 2.45) is 0 Å². The molecule has 0 aliphatic carbocycles. The molecule has 2 amide bonds. The lowest BCUT2D eigenvalue weighted by Crippen LogP contribution is -2.29. The van der Waals surface area contributed by atoms with E-state index < -0.39 is 22.7 Å². The molecular formula is C29H19ClN2O8. The van der Waals surface area contributed by atoms with Gasteiger partial charge in [-0.1, -0.05) is 35.9 Å². The van der Waals surface area contributed by atoms with Gasteiger partial charge in [-0.25, -0.2) is 9.69 Å². The zero-order chi connectivity index (χ0) is 28.4. The summed E-state index contributed by atoms with van der Waals surface area (Å²) >= 11 is 6.42. The highest BCUT2D eigenvalue weighted by Crippen LogP contribution is 2.38. The van der Waals surface area contributed by atoms with E-state index in [1.807, 2.05) is 0 Å². The van der Waals surface area contributed by atoms with Gasteiger partial charge in [0.15, 0.2) is 0 Å². The van der Waals surface area contributed by atoms with Gasteiger partial charge in [-0.05, 0) is 48.0 Å². The number of anilines is 1. The van der Waals surface area contributed by atoms with Gasteiger partial charge >= 0.3 is 5.97 Å². The topological polar surface area (TPSA) is 125 Å². The van der Waals surface area contributed by atoms with Crippen LogP contribution in [-0.2, 0) is 11.3 Å². The van der Waals surface area contributed by atoms with Gasteiger partial charge < -0.3 is 14.2 Å². The third-order valence-corrected chi connectivity index (χ3v) is 6.40. The Morgan fingerprint density at radius 2 is 1.48 bits per heavy atom. The number of carbonyl (C=O) groups excluding carboxylic acids is 3. The van der Waals surface area contributed by atoms with Gasteiger partial charge in [-0.2, -0.15) is 0 Å². The van der Waals surface area contributed by atoms with Crippen LogP contribution in [0.1, 0.15) is 36.6 Å². The molecule has 0 unspecified atom stereocenters. The second-order valence-corrected chi connectivity index (χ2v) is 8.98. The van der Waals surface area contributed by atoms with Crippen LogP contribution in [0.5, 0.6) is 17.2 Å². The van der Waals surface area contributed by atoms with Crippen LogP contribution in [0.3, 0.4) is 0 Å². The van der Waals surface area contributed by atoms with E-state index in [2.05, 4.69) is 0 Å². The number of benzene rings is 4. The molecule has 0 aromatic heterocycles. The Labute approximate surface area is 232 Å². The second-order valence-electron chi connectivity index (χ2n) is 8.57. The molecule has 0 radical (unpaired) electrons. The lowest BCUT2D eigenvalue weighted by Gasteiger charge is -2.18. The number of esters is 1. The summed E-state index contributed by atoms with van der Waals surface area (Å²) in [6, 6.07) is 21.5. The van der Waals surface area contributed by atoms with Crippen LogP contribution in [0.2, 0.25) is 5.02 Å². The van der Waals surface area contributed by atoms with E-state index >= 15 is 0 Å². The molecule has 0 saturated carbocycles. The molecule has 0 saturated heterocycles. The number of hydrogen-bond acceptors (Lipinski definition) is 8. The molecule has 4 aromatic carbocycles. The standard InChI is InChI=1S/C29H19ClN2O8/c1-38-26-15-25(31-27(33)21-4-2-3-5-22(21)28(31)34)24(30)14-23(26)29(35)39-16-17-6-10-19(11-7-17)40-20-12-8-18(9-13-20)32(36)37/h2-15H,16H2,1H3. The Morgan fingerprint density at radius 3 is 2.02 bits per heavy atom. The molecule has 0 spiro atoms. The molecule has 5 rings (SSSR count). The highest BCUT2D eigenvalue weighted by molar-refractivity contribution is 6.40. The summed E-state index contributed by atoms with van der Waals surface area (Å²) in [4.78, 5) is 49.9. The molecule has 40 heavy (non-hydrogen) atoms. The number of nitro benzene ring substituents is 1. The van der Waals surface area contributed by atoms with Gasteiger partial charge in [0.2, 0.25) is 0 Å². The molecule has 0 bridgehead atoms. The normalized spacial score (nSPS) is 12.2. The summed E-state index contributed by atoms with van der Waals surface area (Å²) in [5.74, 6) is -0.784. The third kappa shape index (κ3) is 5.07. The Morgan fingerprint density at radius 1 is 0.900 bits per heavy atom. The second kappa shape index (κ2) is 10.9. The molecule has 0 N–H and O–H groups in total. The van der Waals surface area contributed by atoms with Crippen molar-refractivity contribution in [2.75, 3.05) is 12.0 Å². The molecule has 11 heteroatoms. The first-order valence-corrected chi connectivity index (χ1v) is 12.2. The van der Waals surface area contributed by atoms with E-state index in [4.69, 9.17) is 25.8 Å². The smallest absolute Gasteiger partial charge is 0.342 e. The van der Waals surface area contributed by atoms with Crippen molar-refractivity contribution in [1.82, 2.24) is 0 Å². The van der Waals surface area contributed by atoms with Crippen molar-refractivity contribution >= 4 is 40.8 Å². The minimum Gasteiger partial charge on any atom is -0.496 e. The summed E-state index contributed by atoms with van der Waals surface area (Å²) < 4.78 is 16.5. The van der Waals surface area contributed by atoms with Crippen LogP contribution in [-0.4, -0.2) is 29.8 Å². The van der Waals surface area contributed by atoms with Gasteiger partial charge in [0, 0.05) is 18.2 Å². The number of hydrogen-bond donors (Lipinski definition) is 0. The van der Waals surface area contributed by atoms with E-state index in [0.29, 0.717) is 17.1 Å². The number of methoxy groups -OCH3 is 1. The number of halogens is 1. The molecule has 200 valence electrons. The molecule has 1 aliphatic rings. The summed E-state index contributed by atoms with van der Waals surface area (Å²) in [6.07, 6.45) is 0. The average molecular weight is 559 g/mol. The predicted octanol–water partition coefficient (Wildman–Crippen LogP) is 6.21. The van der Waals surface area contributed by atoms with Gasteiger partial charge in [-0.15, -0.1) is 0 Å². The van der Waals surface area contributed by atoms with Crippen LogP contribution >= 0.6 is 11.6 Å². The maximum absolute atomic E-state index is 12.9. The van der Waals surface area contributed by atoms with E-state index in [1.165, 1.54) is 43.5 Å². The van der Waals surface area contributed by atoms with Crippen molar-refractivity contribution in [1.29, 1.82) is 0 Å². The fraction of sp³-hybridized carbons (Fsp3) is 0.0690. The first-order valence-electron chi connectivity index (χ1n) is 11.8. The van der Waals surface area contributed by atoms with Gasteiger partial charge in [0.1, 0.15) is 29.4 Å². The number of rotatable bonds is 8. The lowest BCUT2D eigenvalue weighted by atomic mass is 10.1. The molecule has 0 fully saturated rings. The number of ether oxygens (including phenoxy) is 3.